The Morgan fingerprint density at radius 2 is 1.95 bits per heavy atom. The van der Waals surface area contributed by atoms with Gasteiger partial charge in [0.25, 0.3) is 0 Å². The molecule has 4 heteroatoms. The number of nitrogens with zero attached hydrogens (tertiary/aromatic N) is 1. The highest BCUT2D eigenvalue weighted by atomic mass is 32.2. The van der Waals surface area contributed by atoms with Crippen molar-refractivity contribution in [1.82, 2.24) is 4.90 Å². The molecule has 1 amide bonds. The molecule has 3 nitrogen and oxygen atoms in total. The van der Waals surface area contributed by atoms with Crippen molar-refractivity contribution in [3.63, 3.8) is 0 Å². The molecule has 0 saturated carbocycles. The van der Waals surface area contributed by atoms with E-state index in [2.05, 4.69) is 18.2 Å². The third-order valence-electron chi connectivity index (χ3n) is 4.16. The van der Waals surface area contributed by atoms with E-state index in [9.17, 15) is 9.00 Å². The van der Waals surface area contributed by atoms with Gasteiger partial charge in [0.2, 0.25) is 5.91 Å². The Morgan fingerprint density at radius 1 is 1.21 bits per heavy atom. The Balaban J connectivity index is 1.79. The molecule has 1 aromatic carbocycles. The second-order valence-electron chi connectivity index (χ2n) is 5.32. The molecule has 102 valence electrons. The standard InChI is InChI=1S/C15H19NO2S/c17-15(16-8-10-19(18)11-9-16)14-7-3-5-12-4-1-2-6-13(12)14/h1-2,4,6,14H,3,5,7-11H2/t14-/m1/s1. The molecular weight excluding hydrogens is 258 g/mol. The van der Waals surface area contributed by atoms with Crippen LogP contribution < -0.4 is 0 Å². The van der Waals surface area contributed by atoms with E-state index < -0.39 is 10.8 Å². The van der Waals surface area contributed by atoms with E-state index in [1.54, 1.807) is 0 Å². The lowest BCUT2D eigenvalue weighted by Gasteiger charge is -2.32. The number of hydrogen-bond acceptors (Lipinski definition) is 2. The van der Waals surface area contributed by atoms with E-state index in [0.29, 0.717) is 24.6 Å². The number of amides is 1. The number of fused-ring (bicyclic) bond motifs is 1. The smallest absolute Gasteiger partial charge is 0.230 e. The minimum atomic E-state index is -0.721. The zero-order valence-electron chi connectivity index (χ0n) is 11.0. The maximum atomic E-state index is 12.6. The van der Waals surface area contributed by atoms with E-state index in [1.165, 1.54) is 11.1 Å². The zero-order valence-corrected chi connectivity index (χ0v) is 11.8. The van der Waals surface area contributed by atoms with Crippen LogP contribution in [-0.2, 0) is 22.0 Å². The van der Waals surface area contributed by atoms with E-state index >= 15 is 0 Å². The lowest BCUT2D eigenvalue weighted by molar-refractivity contribution is -0.132. The van der Waals surface area contributed by atoms with Gasteiger partial charge in [-0.05, 0) is 30.4 Å². The van der Waals surface area contributed by atoms with Crippen LogP contribution in [0.1, 0.15) is 29.9 Å². The maximum Gasteiger partial charge on any atom is 0.230 e. The summed E-state index contributed by atoms with van der Waals surface area (Å²) < 4.78 is 11.4. The molecule has 0 radical (unpaired) electrons. The first-order chi connectivity index (χ1) is 9.25. The lowest BCUT2D eigenvalue weighted by Crippen LogP contribution is -2.44. The Bertz CT molecular complexity index is 505. The highest BCUT2D eigenvalue weighted by Crippen LogP contribution is 2.33. The highest BCUT2D eigenvalue weighted by molar-refractivity contribution is 7.85. The van der Waals surface area contributed by atoms with Gasteiger partial charge in [0.05, 0.1) is 5.92 Å². The summed E-state index contributed by atoms with van der Waals surface area (Å²) in [5.74, 6) is 1.54. The summed E-state index contributed by atoms with van der Waals surface area (Å²) in [6.45, 7) is 1.31. The first kappa shape index (κ1) is 12.9. The minimum Gasteiger partial charge on any atom is -0.340 e. The van der Waals surface area contributed by atoms with Crippen LogP contribution in [0.5, 0.6) is 0 Å². The Morgan fingerprint density at radius 3 is 2.74 bits per heavy atom. The second kappa shape index (κ2) is 5.45. The molecule has 1 aromatic rings. The monoisotopic (exact) mass is 277 g/mol. The predicted octanol–water partition coefficient (Wildman–Crippen LogP) is 1.70. The average Bonchev–Trinajstić information content (AvgIpc) is 2.47. The fourth-order valence-corrected chi connectivity index (χ4v) is 4.14. The first-order valence-electron chi connectivity index (χ1n) is 6.97. The van der Waals surface area contributed by atoms with Crippen molar-refractivity contribution in [1.29, 1.82) is 0 Å². The predicted molar refractivity (Wildman–Crippen MR) is 76.6 cm³/mol. The Kier molecular flexibility index (Phi) is 3.69. The summed E-state index contributed by atoms with van der Waals surface area (Å²) in [7, 11) is -0.721. The molecule has 0 spiro atoms. The van der Waals surface area contributed by atoms with Crippen LogP contribution in [0.15, 0.2) is 24.3 Å². The van der Waals surface area contributed by atoms with Gasteiger partial charge in [-0.25, -0.2) is 0 Å². The van der Waals surface area contributed by atoms with Gasteiger partial charge in [-0.2, -0.15) is 0 Å². The highest BCUT2D eigenvalue weighted by Gasteiger charge is 2.31. The van der Waals surface area contributed by atoms with E-state index in [0.717, 1.165) is 19.3 Å². The number of benzene rings is 1. The quantitative estimate of drug-likeness (QED) is 0.783. The van der Waals surface area contributed by atoms with Crippen molar-refractivity contribution in [3.05, 3.63) is 35.4 Å². The van der Waals surface area contributed by atoms with Gasteiger partial charge in [-0.15, -0.1) is 0 Å². The molecule has 0 bridgehead atoms. The number of aryl methyl sites for hydroxylation is 1. The SMILES string of the molecule is O=C([C@@H]1CCCc2ccccc21)N1CCS(=O)CC1. The molecule has 0 N–H and O–H groups in total. The molecule has 0 aromatic heterocycles. The number of rotatable bonds is 1. The minimum absolute atomic E-state index is 0.0245. The largest absolute Gasteiger partial charge is 0.340 e. The Labute approximate surface area is 116 Å². The summed E-state index contributed by atoms with van der Waals surface area (Å²) in [6.07, 6.45) is 3.13. The van der Waals surface area contributed by atoms with Crippen LogP contribution in [0.2, 0.25) is 0 Å². The van der Waals surface area contributed by atoms with Crippen LogP contribution in [0.25, 0.3) is 0 Å². The summed E-state index contributed by atoms with van der Waals surface area (Å²) in [6, 6.07) is 8.31. The van der Waals surface area contributed by atoms with E-state index in [1.807, 2.05) is 11.0 Å². The number of carbonyl (C=O) groups is 1. The molecule has 1 fully saturated rings. The summed E-state index contributed by atoms with van der Waals surface area (Å²) in [5.41, 5.74) is 2.54. The fraction of sp³-hybridized carbons (Fsp3) is 0.533. The van der Waals surface area contributed by atoms with E-state index in [-0.39, 0.29) is 11.8 Å². The molecule has 1 heterocycles. The first-order valence-corrected chi connectivity index (χ1v) is 8.46. The van der Waals surface area contributed by atoms with Crippen molar-refractivity contribution in [3.8, 4) is 0 Å². The molecule has 1 saturated heterocycles. The molecule has 0 unspecified atom stereocenters. The lowest BCUT2D eigenvalue weighted by atomic mass is 9.82. The fourth-order valence-electron chi connectivity index (χ4n) is 3.09. The van der Waals surface area contributed by atoms with E-state index in [4.69, 9.17) is 0 Å². The second-order valence-corrected chi connectivity index (χ2v) is 7.01. The molecular formula is C15H19NO2S. The van der Waals surface area contributed by atoms with Crippen molar-refractivity contribution < 1.29 is 9.00 Å². The van der Waals surface area contributed by atoms with Crippen LogP contribution in [-0.4, -0.2) is 39.6 Å². The van der Waals surface area contributed by atoms with Crippen molar-refractivity contribution in [2.75, 3.05) is 24.6 Å². The topological polar surface area (TPSA) is 37.4 Å². The van der Waals surface area contributed by atoms with Gasteiger partial charge in [0.1, 0.15) is 0 Å². The van der Waals surface area contributed by atoms with Crippen LogP contribution >= 0.6 is 0 Å². The molecule has 19 heavy (non-hydrogen) atoms. The van der Waals surface area contributed by atoms with Crippen molar-refractivity contribution in [2.24, 2.45) is 0 Å². The van der Waals surface area contributed by atoms with Crippen LogP contribution in [0.4, 0.5) is 0 Å². The molecule has 1 aliphatic carbocycles. The van der Waals surface area contributed by atoms with Gasteiger partial charge in [-0.3, -0.25) is 9.00 Å². The molecule has 1 aliphatic heterocycles. The average molecular weight is 277 g/mol. The number of carbonyl (C=O) groups excluding carboxylic acids is 1. The van der Waals surface area contributed by atoms with Gasteiger partial charge in [-0.1, -0.05) is 24.3 Å². The zero-order chi connectivity index (χ0) is 13.2. The molecule has 2 aliphatic rings. The van der Waals surface area contributed by atoms with Crippen molar-refractivity contribution in [2.45, 2.75) is 25.2 Å². The normalized spacial score (nSPS) is 24.0. The number of hydrogen-bond donors (Lipinski definition) is 0. The maximum absolute atomic E-state index is 12.6. The summed E-state index contributed by atoms with van der Waals surface area (Å²) in [5, 5.41) is 0. The summed E-state index contributed by atoms with van der Waals surface area (Å²) >= 11 is 0. The van der Waals surface area contributed by atoms with Gasteiger partial charge in [0, 0.05) is 35.4 Å². The molecule has 1 atom stereocenters. The van der Waals surface area contributed by atoms with Gasteiger partial charge in [0.15, 0.2) is 0 Å². The molecule has 3 rings (SSSR count). The van der Waals surface area contributed by atoms with Crippen LogP contribution in [0, 0.1) is 0 Å². The summed E-state index contributed by atoms with van der Waals surface area (Å²) in [4.78, 5) is 14.6. The van der Waals surface area contributed by atoms with Gasteiger partial charge < -0.3 is 4.90 Å². The van der Waals surface area contributed by atoms with Crippen molar-refractivity contribution >= 4 is 16.7 Å². The van der Waals surface area contributed by atoms with Gasteiger partial charge >= 0.3 is 0 Å². The Hall–Kier alpha value is -1.16. The van der Waals surface area contributed by atoms with Crippen LogP contribution in [0.3, 0.4) is 0 Å². The third-order valence-corrected chi connectivity index (χ3v) is 5.43. The third kappa shape index (κ3) is 2.59.